The number of hydrogen-bond donors (Lipinski definition) is 0. The van der Waals surface area contributed by atoms with Crippen LogP contribution in [-0.4, -0.2) is 18.6 Å². The fourth-order valence-electron chi connectivity index (χ4n) is 4.01. The fraction of sp³-hybridized carbons (Fsp3) is 0.286. The van der Waals surface area contributed by atoms with Gasteiger partial charge in [-0.2, -0.15) is 0 Å². The smallest absolute Gasteiger partial charge is 0.261 e. The summed E-state index contributed by atoms with van der Waals surface area (Å²) in [6.07, 6.45) is 0.436. The zero-order valence-electron chi connectivity index (χ0n) is 19.6. The van der Waals surface area contributed by atoms with Gasteiger partial charge in [0.2, 0.25) is 0 Å². The van der Waals surface area contributed by atoms with Crippen molar-refractivity contribution in [3.63, 3.8) is 0 Å². The molecule has 0 aromatic heterocycles. The molecule has 0 spiro atoms. The zero-order chi connectivity index (χ0) is 23.2. The van der Waals surface area contributed by atoms with Crippen LogP contribution < -0.4 is 10.4 Å². The molecule has 0 radical (unpaired) electrons. The van der Waals surface area contributed by atoms with Crippen LogP contribution in [0.2, 0.25) is 5.04 Å². The molecule has 2 unspecified atom stereocenters. The molecule has 2 nitrogen and oxygen atoms in total. The highest BCUT2D eigenvalue weighted by Gasteiger charge is 2.50. The molecule has 166 valence electrons. The summed E-state index contributed by atoms with van der Waals surface area (Å²) in [5.41, 5.74) is 1.14. The standard InChI is InChI=1S/C28H32O2SSi/c1-23-18-20-25(21-19-23)31(29)22-12-13-24(2)30-32(28(3,4)5,26-14-8-6-9-15-26)27-16-10-7-11-17-27/h6-11,14-21,24H,13H2,1-5H3. The Hall–Kier alpha value is -2.45. The van der Waals surface area contributed by atoms with Crippen molar-refractivity contribution >= 4 is 29.5 Å². The molecular weight excluding hydrogens is 428 g/mol. The van der Waals surface area contributed by atoms with Gasteiger partial charge in [0.05, 0.1) is 11.0 Å². The van der Waals surface area contributed by atoms with Gasteiger partial charge in [0.1, 0.15) is 10.8 Å². The summed E-state index contributed by atoms with van der Waals surface area (Å²) >= 11 is 0. The number of rotatable bonds is 6. The van der Waals surface area contributed by atoms with Gasteiger partial charge in [-0.1, -0.05) is 105 Å². The largest absolute Gasteiger partial charge is 0.404 e. The van der Waals surface area contributed by atoms with Gasteiger partial charge in [-0.3, -0.25) is 0 Å². The van der Waals surface area contributed by atoms with Gasteiger partial charge in [-0.15, -0.1) is 0 Å². The minimum atomic E-state index is -2.60. The zero-order valence-corrected chi connectivity index (χ0v) is 21.4. The minimum Gasteiger partial charge on any atom is -0.404 e. The molecule has 0 aliphatic heterocycles. The van der Waals surface area contributed by atoms with Crippen LogP contribution in [0.3, 0.4) is 0 Å². The Labute approximate surface area is 196 Å². The van der Waals surface area contributed by atoms with Gasteiger partial charge >= 0.3 is 0 Å². The van der Waals surface area contributed by atoms with E-state index in [9.17, 15) is 4.21 Å². The maximum atomic E-state index is 12.5. The molecule has 0 heterocycles. The van der Waals surface area contributed by atoms with E-state index in [1.165, 1.54) is 10.4 Å². The highest BCUT2D eigenvalue weighted by atomic mass is 32.2. The third kappa shape index (κ3) is 5.47. The Bertz CT molecular complexity index is 1050. The van der Waals surface area contributed by atoms with E-state index in [1.54, 1.807) is 0 Å². The number of hydrogen-bond acceptors (Lipinski definition) is 2. The molecule has 3 aromatic carbocycles. The van der Waals surface area contributed by atoms with Crippen LogP contribution in [0.25, 0.3) is 0 Å². The average Bonchev–Trinajstić information content (AvgIpc) is 2.78. The molecule has 0 bridgehead atoms. The van der Waals surface area contributed by atoms with Gasteiger partial charge in [0.15, 0.2) is 0 Å². The minimum absolute atomic E-state index is 0.0812. The maximum absolute atomic E-state index is 12.5. The Kier molecular flexibility index (Phi) is 7.90. The third-order valence-corrected chi connectivity index (χ3v) is 11.8. The van der Waals surface area contributed by atoms with Crippen LogP contribution in [-0.2, 0) is 15.2 Å². The van der Waals surface area contributed by atoms with E-state index in [0.29, 0.717) is 6.42 Å². The first-order valence-corrected chi connectivity index (χ1v) is 14.1. The van der Waals surface area contributed by atoms with Crippen molar-refractivity contribution in [3.05, 3.63) is 90.5 Å². The molecule has 2 atom stereocenters. The van der Waals surface area contributed by atoms with E-state index in [4.69, 9.17) is 4.43 Å². The molecular formula is C28H32O2SSi. The molecule has 32 heavy (non-hydrogen) atoms. The average molecular weight is 461 g/mol. The maximum Gasteiger partial charge on any atom is 0.261 e. The van der Waals surface area contributed by atoms with Gasteiger partial charge < -0.3 is 4.43 Å². The summed E-state index contributed by atoms with van der Waals surface area (Å²) in [4.78, 5) is 0.739. The normalized spacial score (nSPS) is 13.7. The first kappa shape index (κ1) is 24.2. The van der Waals surface area contributed by atoms with Crippen LogP contribution in [0.15, 0.2) is 89.8 Å². The van der Waals surface area contributed by atoms with Crippen molar-refractivity contribution in [2.75, 3.05) is 0 Å². The summed E-state index contributed by atoms with van der Waals surface area (Å²) in [6, 6.07) is 28.9. The fourth-order valence-corrected chi connectivity index (χ4v) is 9.42. The number of benzene rings is 3. The molecule has 0 aliphatic carbocycles. The molecule has 4 heteroatoms. The van der Waals surface area contributed by atoms with E-state index in [0.717, 1.165) is 10.5 Å². The van der Waals surface area contributed by atoms with Crippen LogP contribution in [0, 0.1) is 18.1 Å². The summed E-state index contributed by atoms with van der Waals surface area (Å²) < 4.78 is 19.5. The molecule has 3 aromatic rings. The van der Waals surface area contributed by atoms with E-state index in [-0.39, 0.29) is 11.1 Å². The third-order valence-electron chi connectivity index (χ3n) is 5.58. The van der Waals surface area contributed by atoms with Crippen molar-refractivity contribution < 1.29 is 8.63 Å². The lowest BCUT2D eigenvalue weighted by atomic mass is 10.2. The van der Waals surface area contributed by atoms with Crippen molar-refractivity contribution in [1.82, 2.24) is 0 Å². The molecule has 0 fully saturated rings. The summed E-state index contributed by atoms with van der Waals surface area (Å²) in [6.45, 7) is 10.9. The summed E-state index contributed by atoms with van der Waals surface area (Å²) in [7, 11) is -3.93. The first-order chi connectivity index (χ1) is 15.2. The molecule has 0 saturated carbocycles. The topological polar surface area (TPSA) is 26.3 Å². The van der Waals surface area contributed by atoms with E-state index >= 15 is 0 Å². The Morgan fingerprint density at radius 2 is 1.38 bits per heavy atom. The lowest BCUT2D eigenvalue weighted by Gasteiger charge is -2.44. The van der Waals surface area contributed by atoms with Crippen LogP contribution in [0.5, 0.6) is 0 Å². The molecule has 0 amide bonds. The second-order valence-electron chi connectivity index (χ2n) is 9.16. The molecule has 0 aliphatic rings. The second kappa shape index (κ2) is 10.4. The molecule has 0 N–H and O–H groups in total. The molecule has 3 rings (SSSR count). The highest BCUT2D eigenvalue weighted by Crippen LogP contribution is 2.37. The van der Waals surface area contributed by atoms with Crippen molar-refractivity contribution in [1.29, 1.82) is 0 Å². The SMILES string of the molecule is Cc1ccc(S(=O)C#CCC(C)O[Si](c2ccccc2)(c2ccccc2)C(C)(C)C)cc1. The van der Waals surface area contributed by atoms with Gasteiger partial charge in [-0.05, 0) is 41.4 Å². The van der Waals surface area contributed by atoms with Crippen LogP contribution in [0.1, 0.15) is 39.7 Å². The monoisotopic (exact) mass is 460 g/mol. The van der Waals surface area contributed by atoms with Crippen LogP contribution in [0.4, 0.5) is 0 Å². The highest BCUT2D eigenvalue weighted by molar-refractivity contribution is 7.89. The van der Waals surface area contributed by atoms with Crippen molar-refractivity contribution in [2.45, 2.75) is 57.1 Å². The van der Waals surface area contributed by atoms with Gasteiger partial charge in [0.25, 0.3) is 8.32 Å². The Balaban J connectivity index is 1.89. The molecule has 0 saturated heterocycles. The lowest BCUT2D eigenvalue weighted by Crippen LogP contribution is -2.67. The Morgan fingerprint density at radius 1 is 0.875 bits per heavy atom. The lowest BCUT2D eigenvalue weighted by molar-refractivity contribution is 0.212. The van der Waals surface area contributed by atoms with Crippen molar-refractivity contribution in [3.8, 4) is 11.2 Å². The summed E-state index contributed by atoms with van der Waals surface area (Å²) in [5, 5.41) is 5.33. The van der Waals surface area contributed by atoms with Gasteiger partial charge in [0, 0.05) is 11.7 Å². The quantitative estimate of drug-likeness (QED) is 0.363. The van der Waals surface area contributed by atoms with E-state index in [2.05, 4.69) is 87.4 Å². The van der Waals surface area contributed by atoms with Crippen LogP contribution >= 0.6 is 0 Å². The van der Waals surface area contributed by atoms with E-state index < -0.39 is 19.1 Å². The van der Waals surface area contributed by atoms with Crippen molar-refractivity contribution in [2.24, 2.45) is 0 Å². The Morgan fingerprint density at radius 3 is 1.84 bits per heavy atom. The predicted molar refractivity (Wildman–Crippen MR) is 138 cm³/mol. The summed E-state index contributed by atoms with van der Waals surface area (Å²) in [5.74, 6) is 3.12. The first-order valence-electron chi connectivity index (χ1n) is 11.0. The van der Waals surface area contributed by atoms with E-state index in [1.807, 2.05) is 43.3 Å². The van der Waals surface area contributed by atoms with Gasteiger partial charge in [-0.25, -0.2) is 4.21 Å². The predicted octanol–water partition coefficient (Wildman–Crippen LogP) is 5.42. The number of aryl methyl sites for hydroxylation is 1. The second-order valence-corrected chi connectivity index (χ2v) is 14.6.